The molecule has 0 aliphatic rings. The Hall–Kier alpha value is -9.59. The molecule has 0 saturated heterocycles. The topological polar surface area (TPSA) is 70.9 Å². The Morgan fingerprint density at radius 2 is 0.905 bits per heavy atom. The van der Waals surface area contributed by atoms with Gasteiger partial charge in [-0.15, -0.1) is 0 Å². The van der Waals surface area contributed by atoms with E-state index in [0.717, 1.165) is 105 Å². The molecule has 0 radical (unpaired) electrons. The fourth-order valence-corrected chi connectivity index (χ4v) is 13.0. The SMILES string of the molecule is Cc1cc2ccc3cc4c(cc3c2c(C)n1)oc1c(-c2nc3ccccc3n2-c2c(C(C)C)cc(-c3ccccc3)cc2C(C)C)cc(Oc2cccc(-c3nc5ccccc5n3-c3c(C(C)C)cc(-c5ccccc5)cc3C(C)C)c2)cc14. The molecule has 4 aromatic heterocycles. The van der Waals surface area contributed by atoms with Gasteiger partial charge in [0.2, 0.25) is 0 Å². The van der Waals surface area contributed by atoms with Crippen LogP contribution >= 0.6 is 0 Å². The average molecular weight is 1090 g/mol. The van der Waals surface area contributed by atoms with Gasteiger partial charge in [-0.1, -0.05) is 165 Å². The Balaban J connectivity index is 0.995. The molecule has 0 saturated carbocycles. The molecule has 0 bridgehead atoms. The van der Waals surface area contributed by atoms with Crippen LogP contribution in [0.4, 0.5) is 0 Å². The minimum Gasteiger partial charge on any atom is -0.457 e. The van der Waals surface area contributed by atoms with Crippen LogP contribution in [-0.2, 0) is 0 Å². The average Bonchev–Trinajstić information content (AvgIpc) is 1.97. The third kappa shape index (κ3) is 8.92. The van der Waals surface area contributed by atoms with Crippen LogP contribution in [0.15, 0.2) is 205 Å². The van der Waals surface area contributed by atoms with Crippen LogP contribution < -0.4 is 4.74 Å². The fraction of sp³-hybridized carbons (Fsp3) is 0.182. The van der Waals surface area contributed by atoms with Gasteiger partial charge in [0, 0.05) is 33.1 Å². The van der Waals surface area contributed by atoms with Gasteiger partial charge in [0.25, 0.3) is 0 Å². The van der Waals surface area contributed by atoms with Gasteiger partial charge in [0.05, 0.1) is 39.0 Å². The largest absolute Gasteiger partial charge is 0.457 e. The second-order valence-corrected chi connectivity index (χ2v) is 24.0. The number of para-hydroxylation sites is 4. The van der Waals surface area contributed by atoms with Gasteiger partial charge in [-0.25, -0.2) is 9.97 Å². The summed E-state index contributed by atoms with van der Waals surface area (Å²) in [5.41, 5.74) is 21.3. The van der Waals surface area contributed by atoms with Crippen LogP contribution in [0.2, 0.25) is 0 Å². The van der Waals surface area contributed by atoms with Crippen molar-refractivity contribution in [2.45, 2.75) is 92.9 Å². The Bertz CT molecular complexity index is 4840. The van der Waals surface area contributed by atoms with E-state index in [9.17, 15) is 0 Å². The van der Waals surface area contributed by atoms with E-state index in [2.05, 4.69) is 272 Å². The Morgan fingerprint density at radius 3 is 1.48 bits per heavy atom. The number of hydrogen-bond donors (Lipinski definition) is 0. The monoisotopic (exact) mass is 1090 g/mol. The molecule has 14 aromatic rings. The summed E-state index contributed by atoms with van der Waals surface area (Å²) in [6, 6.07) is 71.8. The smallest absolute Gasteiger partial charge is 0.149 e. The predicted molar refractivity (Wildman–Crippen MR) is 350 cm³/mol. The van der Waals surface area contributed by atoms with Crippen molar-refractivity contribution < 1.29 is 9.15 Å². The van der Waals surface area contributed by atoms with Crippen molar-refractivity contribution >= 4 is 65.6 Å². The van der Waals surface area contributed by atoms with E-state index in [-0.39, 0.29) is 23.7 Å². The van der Waals surface area contributed by atoms with Gasteiger partial charge in [-0.05, 0) is 189 Å². The molecule has 14 rings (SSSR count). The zero-order chi connectivity index (χ0) is 57.7. The number of nitrogens with zero attached hydrogens (tertiary/aromatic N) is 5. The highest BCUT2D eigenvalue weighted by Gasteiger charge is 2.28. The molecular formula is C77H67N5O2. The van der Waals surface area contributed by atoms with Crippen molar-refractivity contribution in [2.75, 3.05) is 0 Å². The second-order valence-electron chi connectivity index (χ2n) is 24.0. The number of benzene rings is 10. The Morgan fingerprint density at radius 1 is 0.393 bits per heavy atom. The lowest BCUT2D eigenvalue weighted by Gasteiger charge is -2.24. The number of furan rings is 1. The molecular weight excluding hydrogens is 1030 g/mol. The van der Waals surface area contributed by atoms with Crippen LogP contribution in [0.1, 0.15) is 113 Å². The lowest BCUT2D eigenvalue weighted by atomic mass is 9.88. The molecule has 0 aliphatic heterocycles. The van der Waals surface area contributed by atoms with E-state index in [1.54, 1.807) is 0 Å². The van der Waals surface area contributed by atoms with Crippen LogP contribution in [0.3, 0.4) is 0 Å². The van der Waals surface area contributed by atoms with Crippen molar-refractivity contribution in [1.29, 1.82) is 0 Å². The number of aromatic nitrogens is 5. The summed E-state index contributed by atoms with van der Waals surface area (Å²) in [5, 5.41) is 6.43. The Labute approximate surface area is 490 Å². The number of imidazole rings is 2. The number of hydrogen-bond acceptors (Lipinski definition) is 5. The predicted octanol–water partition coefficient (Wildman–Crippen LogP) is 21.5. The van der Waals surface area contributed by atoms with Crippen LogP contribution in [-0.4, -0.2) is 24.1 Å². The van der Waals surface area contributed by atoms with E-state index in [0.29, 0.717) is 11.5 Å². The highest BCUT2D eigenvalue weighted by molar-refractivity contribution is 6.18. The normalized spacial score (nSPS) is 12.1. The van der Waals surface area contributed by atoms with E-state index in [1.807, 2.05) is 6.07 Å². The molecule has 4 heterocycles. The molecule has 7 nitrogen and oxygen atoms in total. The number of pyridine rings is 1. The number of ether oxygens (including phenoxy) is 1. The molecule has 0 unspecified atom stereocenters. The Kier molecular flexibility index (Phi) is 12.9. The van der Waals surface area contributed by atoms with Crippen molar-refractivity contribution in [2.24, 2.45) is 0 Å². The zero-order valence-corrected chi connectivity index (χ0v) is 49.4. The maximum Gasteiger partial charge on any atom is 0.149 e. The maximum absolute atomic E-state index is 7.29. The first-order chi connectivity index (χ1) is 40.8. The maximum atomic E-state index is 7.29. The van der Waals surface area contributed by atoms with E-state index in [1.165, 1.54) is 50.2 Å². The van der Waals surface area contributed by atoms with Gasteiger partial charge in [0.1, 0.15) is 34.3 Å². The summed E-state index contributed by atoms with van der Waals surface area (Å²) in [7, 11) is 0. The number of fused-ring (bicyclic) bond motifs is 8. The summed E-state index contributed by atoms with van der Waals surface area (Å²) in [4.78, 5) is 16.0. The molecule has 0 atom stereocenters. The van der Waals surface area contributed by atoms with Gasteiger partial charge < -0.3 is 9.15 Å². The number of aryl methyl sites for hydroxylation is 2. The lowest BCUT2D eigenvalue weighted by Crippen LogP contribution is -2.09. The first-order valence-electron chi connectivity index (χ1n) is 29.7. The highest BCUT2D eigenvalue weighted by Crippen LogP contribution is 2.47. The third-order valence-electron chi connectivity index (χ3n) is 17.0. The highest BCUT2D eigenvalue weighted by atomic mass is 16.5. The summed E-state index contributed by atoms with van der Waals surface area (Å²) < 4.78 is 19.4. The summed E-state index contributed by atoms with van der Waals surface area (Å²) >= 11 is 0. The molecule has 7 heteroatoms. The standard InChI is InChI=1S/C77H67N5O2/c1-44(2)59-37-55(50-22-13-11-14-23-50)38-60(45(3)4)73(59)81-69-30-19-17-28-67(69)79-76(81)54-26-21-27-57(35-54)83-58-41-65-64-36-52-32-33-53-34-48(9)78-49(10)72(53)63(52)43-71(64)84-75(65)66(42-58)77-80-68-29-18-20-31-70(68)82(77)74-61(46(5)6)39-56(40-62(74)47(7)8)51-24-15-12-16-25-51/h11-47H,1-10H3. The van der Waals surface area contributed by atoms with E-state index in [4.69, 9.17) is 24.1 Å². The molecule has 0 aliphatic carbocycles. The molecule has 412 valence electrons. The van der Waals surface area contributed by atoms with Crippen molar-refractivity contribution in [1.82, 2.24) is 24.1 Å². The summed E-state index contributed by atoms with van der Waals surface area (Å²) in [5.74, 6) is 3.79. The minimum atomic E-state index is 0.183. The van der Waals surface area contributed by atoms with Gasteiger partial charge >= 0.3 is 0 Å². The van der Waals surface area contributed by atoms with Crippen LogP contribution in [0.25, 0.3) is 122 Å². The van der Waals surface area contributed by atoms with Crippen LogP contribution in [0.5, 0.6) is 11.5 Å². The van der Waals surface area contributed by atoms with E-state index < -0.39 is 0 Å². The molecule has 0 N–H and O–H groups in total. The molecule has 84 heavy (non-hydrogen) atoms. The van der Waals surface area contributed by atoms with Crippen molar-refractivity contribution in [3.63, 3.8) is 0 Å². The van der Waals surface area contributed by atoms with Crippen molar-refractivity contribution in [3.05, 3.63) is 234 Å². The minimum absolute atomic E-state index is 0.183. The quantitative estimate of drug-likeness (QED) is 0.114. The third-order valence-corrected chi connectivity index (χ3v) is 17.0. The molecule has 10 aromatic carbocycles. The summed E-state index contributed by atoms with van der Waals surface area (Å²) in [6.07, 6.45) is 0. The lowest BCUT2D eigenvalue weighted by molar-refractivity contribution is 0.483. The first-order valence-corrected chi connectivity index (χ1v) is 29.7. The second kappa shape index (κ2) is 20.7. The fourth-order valence-electron chi connectivity index (χ4n) is 13.0. The van der Waals surface area contributed by atoms with Gasteiger partial charge in [0.15, 0.2) is 0 Å². The summed E-state index contributed by atoms with van der Waals surface area (Å²) in [6.45, 7) is 22.5. The van der Waals surface area contributed by atoms with Gasteiger partial charge in [-0.2, -0.15) is 0 Å². The zero-order valence-electron chi connectivity index (χ0n) is 49.4. The van der Waals surface area contributed by atoms with E-state index >= 15 is 0 Å². The number of rotatable bonds is 12. The van der Waals surface area contributed by atoms with Crippen LogP contribution in [0, 0.1) is 13.8 Å². The molecule has 0 fully saturated rings. The van der Waals surface area contributed by atoms with Gasteiger partial charge in [-0.3, -0.25) is 14.1 Å². The molecule has 0 spiro atoms. The van der Waals surface area contributed by atoms with Crippen molar-refractivity contribution in [3.8, 4) is 67.9 Å². The first kappa shape index (κ1) is 52.5. The molecule has 0 amide bonds.